The van der Waals surface area contributed by atoms with Crippen LogP contribution in [0.25, 0.3) is 0 Å². The highest BCUT2D eigenvalue weighted by Crippen LogP contribution is 2.36. The van der Waals surface area contributed by atoms with Crippen molar-refractivity contribution in [2.75, 3.05) is 0 Å². The van der Waals surface area contributed by atoms with Gasteiger partial charge in [0.25, 0.3) is 0 Å². The topological polar surface area (TPSA) is 87.0 Å². The van der Waals surface area contributed by atoms with E-state index in [0.29, 0.717) is 5.56 Å². The molecular formula is C16H15O5P. The molecule has 0 radical (unpaired) electrons. The molecule has 0 aliphatic heterocycles. The van der Waals surface area contributed by atoms with Crippen molar-refractivity contribution in [2.45, 2.75) is 13.2 Å². The number of hydrogen-bond acceptors (Lipinski definition) is 3. The van der Waals surface area contributed by atoms with Crippen molar-refractivity contribution in [3.8, 4) is 11.8 Å². The quantitative estimate of drug-likeness (QED) is 0.594. The van der Waals surface area contributed by atoms with Crippen molar-refractivity contribution in [3.63, 3.8) is 0 Å². The van der Waals surface area contributed by atoms with E-state index in [1.807, 2.05) is 24.3 Å². The molecule has 3 N–H and O–H groups in total. The lowest BCUT2D eigenvalue weighted by molar-refractivity contribution is 0.189. The number of rotatable bonds is 4. The van der Waals surface area contributed by atoms with Crippen LogP contribution in [0.1, 0.15) is 22.3 Å². The maximum absolute atomic E-state index is 10.6. The van der Waals surface area contributed by atoms with Gasteiger partial charge in [-0.05, 0) is 35.4 Å². The molecule has 2 aromatic rings. The lowest BCUT2D eigenvalue weighted by Crippen LogP contribution is -1.90. The van der Waals surface area contributed by atoms with E-state index in [1.165, 1.54) is 0 Å². The van der Waals surface area contributed by atoms with E-state index in [1.54, 1.807) is 24.3 Å². The van der Waals surface area contributed by atoms with Gasteiger partial charge in [0, 0.05) is 11.1 Å². The van der Waals surface area contributed by atoms with Crippen LogP contribution in [0.3, 0.4) is 0 Å². The summed E-state index contributed by atoms with van der Waals surface area (Å²) in [6, 6.07) is 14.2. The molecule has 0 heterocycles. The van der Waals surface area contributed by atoms with Crippen molar-refractivity contribution in [2.24, 2.45) is 0 Å². The summed E-state index contributed by atoms with van der Waals surface area (Å²) in [5.74, 6) is 5.99. The number of benzene rings is 2. The normalized spacial score (nSPS) is 10.9. The van der Waals surface area contributed by atoms with Gasteiger partial charge in [-0.1, -0.05) is 36.1 Å². The third-order valence-electron chi connectivity index (χ3n) is 2.84. The number of aliphatic hydroxyl groups excluding tert-OH is 1. The number of hydrogen-bond donors (Lipinski definition) is 3. The van der Waals surface area contributed by atoms with Crippen LogP contribution in [-0.2, 0) is 22.3 Å². The first-order valence-corrected chi connectivity index (χ1v) is 8.00. The molecule has 0 unspecified atom stereocenters. The molecule has 0 spiro atoms. The van der Waals surface area contributed by atoms with Gasteiger partial charge in [-0.25, -0.2) is 4.57 Å². The summed E-state index contributed by atoms with van der Waals surface area (Å²) in [6.07, 6.45) is 0. The molecule has 6 heteroatoms. The van der Waals surface area contributed by atoms with E-state index in [2.05, 4.69) is 16.4 Å². The first-order chi connectivity index (χ1) is 10.5. The molecule has 114 valence electrons. The summed E-state index contributed by atoms with van der Waals surface area (Å²) < 4.78 is 15.0. The maximum atomic E-state index is 10.6. The van der Waals surface area contributed by atoms with E-state index < -0.39 is 7.82 Å². The number of phosphoric acid groups is 1. The fraction of sp³-hybridized carbons (Fsp3) is 0.125. The van der Waals surface area contributed by atoms with Gasteiger partial charge in [0.05, 0.1) is 13.2 Å². The third-order valence-corrected chi connectivity index (χ3v) is 3.31. The Morgan fingerprint density at radius 3 is 1.73 bits per heavy atom. The summed E-state index contributed by atoms with van der Waals surface area (Å²) >= 11 is 0. The second-order valence-electron chi connectivity index (χ2n) is 4.57. The summed E-state index contributed by atoms with van der Waals surface area (Å²) in [5.41, 5.74) is 3.11. The molecule has 2 aromatic carbocycles. The second kappa shape index (κ2) is 7.37. The van der Waals surface area contributed by atoms with Crippen molar-refractivity contribution in [3.05, 3.63) is 70.8 Å². The Morgan fingerprint density at radius 2 is 1.32 bits per heavy atom. The predicted octanol–water partition coefficient (Wildman–Crippen LogP) is 2.19. The highest BCUT2D eigenvalue weighted by molar-refractivity contribution is 7.46. The standard InChI is InChI=1S/C16H15O5P/c17-11-15-7-3-13(4-8-15)1-2-14-5-9-16(10-6-14)12-21-22(18,19)20/h3-10,17H,11-12H2,(H2,18,19,20). The summed E-state index contributed by atoms with van der Waals surface area (Å²) in [4.78, 5) is 17.3. The molecule has 22 heavy (non-hydrogen) atoms. The van der Waals surface area contributed by atoms with Gasteiger partial charge in [0.2, 0.25) is 0 Å². The van der Waals surface area contributed by atoms with Crippen LogP contribution < -0.4 is 0 Å². The van der Waals surface area contributed by atoms with Gasteiger partial charge in [0.15, 0.2) is 0 Å². The zero-order valence-electron chi connectivity index (χ0n) is 11.6. The van der Waals surface area contributed by atoms with Gasteiger partial charge < -0.3 is 14.9 Å². The van der Waals surface area contributed by atoms with Crippen molar-refractivity contribution in [1.82, 2.24) is 0 Å². The molecule has 0 saturated heterocycles. The van der Waals surface area contributed by atoms with Crippen molar-refractivity contribution >= 4 is 7.82 Å². The van der Waals surface area contributed by atoms with E-state index in [4.69, 9.17) is 14.9 Å². The molecule has 0 aliphatic carbocycles. The SMILES string of the molecule is O=P(O)(O)OCc1ccc(C#Cc2ccc(CO)cc2)cc1. The van der Waals surface area contributed by atoms with Crippen molar-refractivity contribution < 1.29 is 24.0 Å². The smallest absolute Gasteiger partial charge is 0.392 e. The first-order valence-electron chi connectivity index (χ1n) is 6.47. The Hall–Kier alpha value is -1.93. The van der Waals surface area contributed by atoms with Crippen molar-refractivity contribution in [1.29, 1.82) is 0 Å². The summed E-state index contributed by atoms with van der Waals surface area (Å²) in [7, 11) is -4.45. The molecular weight excluding hydrogens is 303 g/mol. The zero-order valence-corrected chi connectivity index (χ0v) is 12.5. The molecule has 0 atom stereocenters. The largest absolute Gasteiger partial charge is 0.469 e. The molecule has 0 amide bonds. The van der Waals surface area contributed by atoms with Gasteiger partial charge in [-0.3, -0.25) is 4.52 Å². The number of aliphatic hydroxyl groups is 1. The first kappa shape index (κ1) is 16.4. The highest BCUT2D eigenvalue weighted by atomic mass is 31.2. The maximum Gasteiger partial charge on any atom is 0.469 e. The molecule has 0 aliphatic rings. The fourth-order valence-electron chi connectivity index (χ4n) is 1.68. The van der Waals surface area contributed by atoms with Crippen LogP contribution in [0.2, 0.25) is 0 Å². The average molecular weight is 318 g/mol. The lowest BCUT2D eigenvalue weighted by atomic mass is 10.1. The summed E-state index contributed by atoms with van der Waals surface area (Å²) in [5, 5.41) is 8.96. The minimum absolute atomic E-state index is 0.00581. The Bertz CT molecular complexity index is 720. The van der Waals surface area contributed by atoms with E-state index in [-0.39, 0.29) is 13.2 Å². The van der Waals surface area contributed by atoms with Crippen LogP contribution in [0.5, 0.6) is 0 Å². The lowest BCUT2D eigenvalue weighted by Gasteiger charge is -2.04. The van der Waals surface area contributed by atoms with Crippen LogP contribution in [0, 0.1) is 11.8 Å². The van der Waals surface area contributed by atoms with E-state index in [9.17, 15) is 4.57 Å². The molecule has 5 nitrogen and oxygen atoms in total. The molecule has 0 saturated carbocycles. The minimum Gasteiger partial charge on any atom is -0.392 e. The number of phosphoric ester groups is 1. The van der Waals surface area contributed by atoms with Crippen LogP contribution >= 0.6 is 7.82 Å². The van der Waals surface area contributed by atoms with E-state index in [0.717, 1.165) is 16.7 Å². The Kier molecular flexibility index (Phi) is 5.51. The van der Waals surface area contributed by atoms with Gasteiger partial charge in [0.1, 0.15) is 0 Å². The highest BCUT2D eigenvalue weighted by Gasteiger charge is 2.13. The minimum atomic E-state index is -4.45. The monoisotopic (exact) mass is 318 g/mol. The second-order valence-corrected chi connectivity index (χ2v) is 5.81. The van der Waals surface area contributed by atoms with Gasteiger partial charge in [-0.15, -0.1) is 0 Å². The van der Waals surface area contributed by atoms with Gasteiger partial charge >= 0.3 is 7.82 Å². The zero-order chi connectivity index (χ0) is 16.0. The molecule has 0 bridgehead atoms. The Labute approximate surface area is 128 Å². The predicted molar refractivity (Wildman–Crippen MR) is 81.6 cm³/mol. The summed E-state index contributed by atoms with van der Waals surface area (Å²) in [6.45, 7) is -0.146. The van der Waals surface area contributed by atoms with Gasteiger partial charge in [-0.2, -0.15) is 0 Å². The molecule has 0 aromatic heterocycles. The van der Waals surface area contributed by atoms with Crippen LogP contribution in [0.15, 0.2) is 48.5 Å². The molecule has 2 rings (SSSR count). The molecule has 0 fully saturated rings. The Morgan fingerprint density at radius 1 is 0.864 bits per heavy atom. The fourth-order valence-corrected chi connectivity index (χ4v) is 2.00. The third kappa shape index (κ3) is 5.45. The van der Waals surface area contributed by atoms with E-state index >= 15 is 0 Å². The Balaban J connectivity index is 2.02. The van der Waals surface area contributed by atoms with Crippen LogP contribution in [-0.4, -0.2) is 14.9 Å². The van der Waals surface area contributed by atoms with Crippen LogP contribution in [0.4, 0.5) is 0 Å². The average Bonchev–Trinajstić information content (AvgIpc) is 2.52.